The van der Waals surface area contributed by atoms with Crippen LogP contribution in [0, 0.1) is 59.2 Å². The van der Waals surface area contributed by atoms with E-state index < -0.39 is 23.5 Å². The van der Waals surface area contributed by atoms with Gasteiger partial charge in [-0.2, -0.15) is 5.26 Å². The summed E-state index contributed by atoms with van der Waals surface area (Å²) in [6, 6.07) is 5.95. The number of rotatable bonds is 24. The van der Waals surface area contributed by atoms with Gasteiger partial charge < -0.3 is 50.3 Å². The standard InChI is InChI=1S/C61H84N6O11S/c1-35(43-20-21-44-42-19-17-39-30-40(68)24-25-60(39,7)45(42)32-49-61(43,44)78-49)16-23-51(70)64-47(57(74)75)14-11-12-26-63-50(69)15-10-9-13-27-67(58(76)77-41-18-22-46-48(31-41)79-52(34-62)65-46)29-28-66(8)53(71)33-59(5,6)54-38(4)55(72)36(2)37(3)56(54)73/h18,22,31,35,39-40,42-45,47,49,68,72-73H,3-4,9-17,19-21,23-30,32-33H2,1-2,5-8H3,(H,63,69)(H,64,70)(H,74,75). The zero-order valence-electron chi connectivity index (χ0n) is 47.2. The van der Waals surface area contributed by atoms with Gasteiger partial charge in [0.25, 0.3) is 0 Å². The number of fused-ring (bicyclic) bond motifs is 5. The molecule has 79 heavy (non-hydrogen) atoms. The van der Waals surface area contributed by atoms with E-state index in [1.165, 1.54) is 40.4 Å². The Morgan fingerprint density at radius 2 is 1.72 bits per heavy atom. The van der Waals surface area contributed by atoms with Crippen LogP contribution in [0.15, 0.2) is 18.2 Å². The maximum Gasteiger partial charge on any atom is 0.415 e. The van der Waals surface area contributed by atoms with Gasteiger partial charge in [0.2, 0.25) is 17.7 Å². The van der Waals surface area contributed by atoms with E-state index >= 15 is 0 Å². The number of aliphatic hydroxyl groups excluding tert-OH is 1. The number of unbranched alkanes of at least 4 members (excludes halogenated alkanes) is 3. The number of aliphatic hydroxyl groups is 1. The molecule has 1 aromatic heterocycles. The number of aliphatic carboxylic acids is 1. The molecule has 11 unspecified atom stereocenters. The number of aromatic hydroxyl groups is 2. The van der Waals surface area contributed by atoms with Gasteiger partial charge in [-0.3, -0.25) is 14.4 Å². The second-order valence-electron chi connectivity index (χ2n) is 24.7. The quantitative estimate of drug-likeness (QED) is 0.0283. The van der Waals surface area contributed by atoms with E-state index in [0.29, 0.717) is 96.0 Å². The first-order chi connectivity index (χ1) is 37.5. The Bertz CT molecular complexity index is 2920. The number of likely N-dealkylation sites (N-methyl/N-ethyl adjacent to an activating group) is 1. The molecule has 18 heteroatoms. The minimum atomic E-state index is -1.08. The molecule has 17 nitrogen and oxygen atoms in total. The average molecular weight is 1110 g/mol. The Labute approximate surface area is 468 Å². The summed E-state index contributed by atoms with van der Waals surface area (Å²) in [4.78, 5) is 72.9. The fourth-order valence-corrected chi connectivity index (χ4v) is 15.6. The fraction of sp³-hybridized carbons (Fsp3) is 0.656. The second-order valence-corrected chi connectivity index (χ2v) is 25.8. The van der Waals surface area contributed by atoms with Crippen molar-refractivity contribution in [2.75, 3.05) is 33.2 Å². The largest absolute Gasteiger partial charge is 0.507 e. The van der Waals surface area contributed by atoms with Crippen LogP contribution in [0.3, 0.4) is 0 Å². The summed E-state index contributed by atoms with van der Waals surface area (Å²) in [5.74, 6) is 1.50. The summed E-state index contributed by atoms with van der Waals surface area (Å²) in [7, 11) is 1.63. The van der Waals surface area contributed by atoms with Crippen molar-refractivity contribution < 1.29 is 53.9 Å². The SMILES string of the molecule is C=c1c(C)c(O)c(=C)c(C(C)(C)CC(=O)N(C)CCN(CCCCCC(=O)NCCCCC(NC(=O)CCC(C)C2CCC3C4CCC5CC(O)CCC5(C)C4CC4OC423)C(=O)O)C(=O)Oc2ccc3nc(C#N)sc3c2)c1O. The number of carboxylic acids is 1. The van der Waals surface area contributed by atoms with Crippen LogP contribution in [0.25, 0.3) is 23.4 Å². The maximum absolute atomic E-state index is 13.7. The second kappa shape index (κ2) is 24.5. The predicted molar refractivity (Wildman–Crippen MR) is 301 cm³/mol. The molecule has 2 heterocycles. The molecule has 0 radical (unpaired) electrons. The zero-order chi connectivity index (χ0) is 57.1. The first-order valence-corrected chi connectivity index (χ1v) is 29.7. The molecule has 4 aliphatic carbocycles. The van der Waals surface area contributed by atoms with E-state index in [1.54, 1.807) is 46.0 Å². The molecular formula is C61H84N6O11S. The fourth-order valence-electron chi connectivity index (χ4n) is 14.8. The highest BCUT2D eigenvalue weighted by molar-refractivity contribution is 7.19. The van der Waals surface area contributed by atoms with Crippen molar-refractivity contribution in [2.24, 2.45) is 40.9 Å². The van der Waals surface area contributed by atoms with Gasteiger partial charge in [-0.05, 0) is 150 Å². The predicted octanol–water partition coefficient (Wildman–Crippen LogP) is 7.93. The van der Waals surface area contributed by atoms with Gasteiger partial charge in [-0.25, -0.2) is 14.6 Å². The number of amides is 4. The van der Waals surface area contributed by atoms with Gasteiger partial charge in [-0.15, -0.1) is 11.3 Å². The molecule has 3 aromatic rings. The average Bonchev–Trinajstić information content (AvgIpc) is 2.51. The Kier molecular flexibility index (Phi) is 18.4. The van der Waals surface area contributed by atoms with Crippen LogP contribution in [0.2, 0.25) is 0 Å². The Morgan fingerprint density at radius 1 is 0.949 bits per heavy atom. The Hall–Kier alpha value is -5.77. The number of carbonyl (C=O) groups is 5. The van der Waals surface area contributed by atoms with Crippen LogP contribution in [0.5, 0.6) is 17.2 Å². The van der Waals surface area contributed by atoms with Crippen molar-refractivity contribution in [3.63, 3.8) is 0 Å². The number of aromatic nitrogens is 1. The smallest absolute Gasteiger partial charge is 0.415 e. The van der Waals surface area contributed by atoms with Gasteiger partial charge in [0.1, 0.15) is 35.0 Å². The molecule has 5 fully saturated rings. The van der Waals surface area contributed by atoms with Crippen LogP contribution in [0.1, 0.15) is 159 Å². The molecular weight excluding hydrogens is 1020 g/mol. The molecule has 8 rings (SSSR count). The number of carboxylic acid groups (broad SMARTS) is 1. The number of hydrogen-bond donors (Lipinski definition) is 6. The first-order valence-electron chi connectivity index (χ1n) is 28.9. The van der Waals surface area contributed by atoms with Crippen molar-refractivity contribution in [1.82, 2.24) is 25.4 Å². The first kappa shape index (κ1) is 59.4. The minimum absolute atomic E-state index is 0.0390. The summed E-state index contributed by atoms with van der Waals surface area (Å²) >= 11 is 1.18. The Balaban J connectivity index is 0.742. The minimum Gasteiger partial charge on any atom is -0.507 e. The van der Waals surface area contributed by atoms with Crippen molar-refractivity contribution in [3.05, 3.63) is 44.8 Å². The highest BCUT2D eigenvalue weighted by Gasteiger charge is 2.75. The lowest BCUT2D eigenvalue weighted by molar-refractivity contribution is -0.142. The van der Waals surface area contributed by atoms with Crippen LogP contribution in [-0.4, -0.2) is 122 Å². The normalized spacial score (nSPS) is 26.5. The van der Waals surface area contributed by atoms with Crippen LogP contribution in [-0.2, 0) is 29.3 Å². The van der Waals surface area contributed by atoms with E-state index in [2.05, 4.69) is 42.6 Å². The van der Waals surface area contributed by atoms with Crippen molar-refractivity contribution in [2.45, 2.75) is 179 Å². The number of benzene rings is 2. The molecule has 4 amide bonds. The van der Waals surface area contributed by atoms with E-state index in [1.807, 2.05) is 6.07 Å². The van der Waals surface area contributed by atoms with E-state index in [0.717, 1.165) is 32.1 Å². The highest BCUT2D eigenvalue weighted by Crippen LogP contribution is 2.72. The molecule has 1 saturated heterocycles. The molecule has 11 atom stereocenters. The molecule has 6 N–H and O–H groups in total. The highest BCUT2D eigenvalue weighted by atomic mass is 32.1. The summed E-state index contributed by atoms with van der Waals surface area (Å²) in [5.41, 5.74) is 0.632. The number of nitrogens with zero attached hydrogens (tertiary/aromatic N) is 4. The molecule has 1 aliphatic heterocycles. The van der Waals surface area contributed by atoms with Crippen molar-refractivity contribution in [3.8, 4) is 23.3 Å². The van der Waals surface area contributed by atoms with Gasteiger partial charge in [0.05, 0.1) is 22.4 Å². The number of nitrogens with one attached hydrogen (secondary N) is 2. The van der Waals surface area contributed by atoms with Gasteiger partial charge in [0.15, 0.2) is 5.01 Å². The van der Waals surface area contributed by atoms with E-state index in [-0.39, 0.29) is 125 Å². The van der Waals surface area contributed by atoms with Gasteiger partial charge in [-0.1, -0.05) is 47.3 Å². The lowest BCUT2D eigenvalue weighted by atomic mass is 9.46. The topological polar surface area (TPSA) is 255 Å². The van der Waals surface area contributed by atoms with Crippen molar-refractivity contribution >= 4 is 64.5 Å². The van der Waals surface area contributed by atoms with E-state index in [9.17, 15) is 49.7 Å². The van der Waals surface area contributed by atoms with Crippen LogP contribution in [0.4, 0.5) is 4.79 Å². The number of carbonyl (C=O) groups excluding carboxylic acids is 4. The third kappa shape index (κ3) is 12.7. The molecule has 4 saturated carbocycles. The number of epoxide rings is 1. The number of phenolic OH excluding ortho intramolecular Hbond substituents is 2. The van der Waals surface area contributed by atoms with E-state index in [4.69, 9.17) is 9.47 Å². The summed E-state index contributed by atoms with van der Waals surface area (Å²) in [5, 5.41) is 57.9. The lowest BCUT2D eigenvalue weighted by Gasteiger charge is -2.58. The molecule has 5 aliphatic rings. The Morgan fingerprint density at radius 3 is 2.47 bits per heavy atom. The summed E-state index contributed by atoms with van der Waals surface area (Å²) < 4.78 is 13.2. The molecule has 0 bridgehead atoms. The lowest BCUT2D eigenvalue weighted by Crippen LogP contribution is -2.54. The number of ether oxygens (including phenoxy) is 2. The number of phenols is 2. The molecule has 1 spiro atoms. The maximum atomic E-state index is 13.7. The van der Waals surface area contributed by atoms with Crippen LogP contribution >= 0.6 is 11.3 Å². The third-order valence-electron chi connectivity index (χ3n) is 19.4. The summed E-state index contributed by atoms with van der Waals surface area (Å²) in [6.07, 6.45) is 12.4. The summed E-state index contributed by atoms with van der Waals surface area (Å²) in [6.45, 7) is 18.7. The number of hydrogen-bond acceptors (Lipinski definition) is 13. The monoisotopic (exact) mass is 1110 g/mol. The number of nitriles is 1. The van der Waals surface area contributed by atoms with Gasteiger partial charge >= 0.3 is 12.1 Å². The van der Waals surface area contributed by atoms with Crippen LogP contribution < -0.4 is 25.8 Å². The zero-order valence-corrected chi connectivity index (χ0v) is 48.1. The molecule has 2 aromatic carbocycles. The number of thiazole rings is 1. The molecule has 430 valence electrons. The van der Waals surface area contributed by atoms with Crippen molar-refractivity contribution in [1.29, 1.82) is 5.26 Å². The third-order valence-corrected chi connectivity index (χ3v) is 20.3. The van der Waals surface area contributed by atoms with Gasteiger partial charge in [0, 0.05) is 85.5 Å².